The molecule has 0 aliphatic carbocycles. The summed E-state index contributed by atoms with van der Waals surface area (Å²) in [5, 5.41) is 13.9. The summed E-state index contributed by atoms with van der Waals surface area (Å²) >= 11 is 0. The molecule has 2 aromatic rings. The van der Waals surface area contributed by atoms with Crippen LogP contribution in [0.3, 0.4) is 0 Å². The van der Waals surface area contributed by atoms with Crippen LogP contribution in [0.5, 0.6) is 0 Å². The van der Waals surface area contributed by atoms with E-state index in [-0.39, 0.29) is 5.69 Å². The van der Waals surface area contributed by atoms with Crippen molar-refractivity contribution >= 4 is 11.5 Å². The maximum Gasteiger partial charge on any atom is 0.274 e. The fraction of sp³-hybridized carbons (Fsp3) is 0.333. The van der Waals surface area contributed by atoms with E-state index < -0.39 is 4.92 Å². The molecule has 0 spiro atoms. The van der Waals surface area contributed by atoms with E-state index >= 15 is 0 Å². The number of hydrogen-bond acceptors (Lipinski definition) is 5. The average molecular weight is 261 g/mol. The highest BCUT2D eigenvalue weighted by Gasteiger charge is 2.12. The highest BCUT2D eigenvalue weighted by atomic mass is 16.6. The monoisotopic (exact) mass is 261 g/mol. The molecule has 0 fully saturated rings. The lowest BCUT2D eigenvalue weighted by Gasteiger charge is -2.06. The highest BCUT2D eigenvalue weighted by molar-refractivity contribution is 5.46. The van der Waals surface area contributed by atoms with Crippen molar-refractivity contribution in [1.82, 2.24) is 14.5 Å². The van der Waals surface area contributed by atoms with Crippen molar-refractivity contribution < 1.29 is 4.92 Å². The Balaban J connectivity index is 2.33. The summed E-state index contributed by atoms with van der Waals surface area (Å²) in [4.78, 5) is 19.0. The van der Waals surface area contributed by atoms with Crippen molar-refractivity contribution in [1.29, 1.82) is 0 Å². The van der Waals surface area contributed by atoms with E-state index in [9.17, 15) is 10.1 Å². The minimum atomic E-state index is -0.412. The number of anilines is 1. The van der Waals surface area contributed by atoms with Crippen LogP contribution in [-0.4, -0.2) is 26.0 Å². The molecule has 0 aromatic carbocycles. The average Bonchev–Trinajstić information content (AvgIpc) is 2.75. The first-order chi connectivity index (χ1) is 9.10. The Labute approximate surface area is 110 Å². The van der Waals surface area contributed by atoms with E-state index in [0.717, 1.165) is 5.82 Å². The van der Waals surface area contributed by atoms with E-state index in [2.05, 4.69) is 15.3 Å². The lowest BCUT2D eigenvalue weighted by Crippen LogP contribution is -2.05. The van der Waals surface area contributed by atoms with Gasteiger partial charge in [-0.1, -0.05) is 0 Å². The van der Waals surface area contributed by atoms with Gasteiger partial charge < -0.3 is 9.88 Å². The largest absolute Gasteiger partial charge is 0.370 e. The third-order valence-electron chi connectivity index (χ3n) is 2.69. The zero-order valence-corrected chi connectivity index (χ0v) is 10.8. The normalized spacial score (nSPS) is 10.4. The summed E-state index contributed by atoms with van der Waals surface area (Å²) in [6.45, 7) is 2.58. The molecule has 0 saturated heterocycles. The molecule has 0 bridgehead atoms. The summed E-state index contributed by atoms with van der Waals surface area (Å²) in [5.41, 5.74) is 0.662. The molecular weight excluding hydrogens is 246 g/mol. The molecular formula is C12H15N5O2. The number of rotatable bonds is 5. The predicted molar refractivity (Wildman–Crippen MR) is 71.1 cm³/mol. The molecule has 1 N–H and O–H groups in total. The molecule has 2 heterocycles. The maximum absolute atomic E-state index is 10.9. The molecule has 0 radical (unpaired) electrons. The molecule has 0 atom stereocenters. The van der Waals surface area contributed by atoms with Gasteiger partial charge in [-0.05, 0) is 6.92 Å². The molecule has 0 aliphatic rings. The first-order valence-electron chi connectivity index (χ1n) is 5.95. The van der Waals surface area contributed by atoms with Crippen LogP contribution >= 0.6 is 0 Å². The lowest BCUT2D eigenvalue weighted by molar-refractivity contribution is -0.384. The molecule has 2 rings (SSSR count). The third kappa shape index (κ3) is 3.06. The summed E-state index contributed by atoms with van der Waals surface area (Å²) < 4.78 is 1.87. The second-order valence-corrected chi connectivity index (χ2v) is 4.12. The Morgan fingerprint density at radius 1 is 1.47 bits per heavy atom. The van der Waals surface area contributed by atoms with Gasteiger partial charge in [0.2, 0.25) is 0 Å². The molecule has 0 amide bonds. The summed E-state index contributed by atoms with van der Waals surface area (Å²) in [5.74, 6) is 1.33. The number of pyridine rings is 1. The Bertz CT molecular complexity index is 594. The standard InChI is InChI=1S/C12H15N5O2/c1-3-13-11-8-10(17(18)19)6-9(15-11)7-12-14-4-5-16(12)2/h4-6,8H,3,7H2,1-2H3,(H,13,15). The van der Waals surface area contributed by atoms with Gasteiger partial charge in [0.1, 0.15) is 11.6 Å². The van der Waals surface area contributed by atoms with Crippen LogP contribution in [-0.2, 0) is 13.5 Å². The molecule has 19 heavy (non-hydrogen) atoms. The quantitative estimate of drug-likeness (QED) is 0.654. The summed E-state index contributed by atoms with van der Waals surface area (Å²) in [7, 11) is 1.88. The summed E-state index contributed by atoms with van der Waals surface area (Å²) in [6.07, 6.45) is 3.99. The fourth-order valence-corrected chi connectivity index (χ4v) is 1.77. The van der Waals surface area contributed by atoms with Crippen LogP contribution in [0.25, 0.3) is 0 Å². The van der Waals surface area contributed by atoms with Gasteiger partial charge in [0.25, 0.3) is 5.69 Å². The minimum absolute atomic E-state index is 0.0372. The number of nitrogens with zero attached hydrogens (tertiary/aromatic N) is 4. The van der Waals surface area contributed by atoms with Crippen molar-refractivity contribution in [2.45, 2.75) is 13.3 Å². The highest BCUT2D eigenvalue weighted by Crippen LogP contribution is 2.19. The van der Waals surface area contributed by atoms with Crippen LogP contribution in [0, 0.1) is 10.1 Å². The molecule has 7 heteroatoms. The van der Waals surface area contributed by atoms with Gasteiger partial charge in [0.05, 0.1) is 16.7 Å². The molecule has 100 valence electrons. The van der Waals surface area contributed by atoms with E-state index in [1.165, 1.54) is 12.1 Å². The van der Waals surface area contributed by atoms with Crippen LogP contribution in [0.15, 0.2) is 24.5 Å². The van der Waals surface area contributed by atoms with Gasteiger partial charge in [0.15, 0.2) is 0 Å². The number of imidazole rings is 1. The molecule has 0 saturated carbocycles. The van der Waals surface area contributed by atoms with Crippen LogP contribution < -0.4 is 5.32 Å². The van der Waals surface area contributed by atoms with E-state index in [1.54, 1.807) is 6.20 Å². The van der Waals surface area contributed by atoms with Gasteiger partial charge in [-0.3, -0.25) is 10.1 Å². The Hall–Kier alpha value is -2.44. The molecule has 7 nitrogen and oxygen atoms in total. The lowest BCUT2D eigenvalue weighted by atomic mass is 10.2. The fourth-order valence-electron chi connectivity index (χ4n) is 1.77. The number of hydrogen-bond donors (Lipinski definition) is 1. The maximum atomic E-state index is 10.9. The first-order valence-corrected chi connectivity index (χ1v) is 5.95. The van der Waals surface area contributed by atoms with E-state index in [1.807, 2.05) is 24.7 Å². The van der Waals surface area contributed by atoms with Crippen molar-refractivity contribution in [2.24, 2.45) is 7.05 Å². The van der Waals surface area contributed by atoms with Gasteiger partial charge in [-0.2, -0.15) is 0 Å². The van der Waals surface area contributed by atoms with Crippen molar-refractivity contribution in [2.75, 3.05) is 11.9 Å². The zero-order valence-electron chi connectivity index (χ0n) is 10.8. The van der Waals surface area contributed by atoms with Crippen molar-refractivity contribution in [3.63, 3.8) is 0 Å². The van der Waals surface area contributed by atoms with Crippen LogP contribution in [0.1, 0.15) is 18.4 Å². The summed E-state index contributed by atoms with van der Waals surface area (Å²) in [6, 6.07) is 2.92. The zero-order chi connectivity index (χ0) is 13.8. The first kappa shape index (κ1) is 13.0. The van der Waals surface area contributed by atoms with Crippen molar-refractivity contribution in [3.05, 3.63) is 46.2 Å². The van der Waals surface area contributed by atoms with E-state index in [4.69, 9.17) is 0 Å². The Morgan fingerprint density at radius 2 is 2.26 bits per heavy atom. The van der Waals surface area contributed by atoms with Gasteiger partial charge in [-0.25, -0.2) is 9.97 Å². The van der Waals surface area contributed by atoms with Crippen LogP contribution in [0.2, 0.25) is 0 Å². The van der Waals surface area contributed by atoms with Crippen molar-refractivity contribution in [3.8, 4) is 0 Å². The number of aryl methyl sites for hydroxylation is 1. The number of nitro groups is 1. The van der Waals surface area contributed by atoms with Gasteiger partial charge >= 0.3 is 0 Å². The molecule has 0 aliphatic heterocycles. The topological polar surface area (TPSA) is 85.9 Å². The Kier molecular flexibility index (Phi) is 3.74. The number of nitrogens with one attached hydrogen (secondary N) is 1. The van der Waals surface area contributed by atoms with Gasteiger partial charge in [0, 0.05) is 38.5 Å². The second-order valence-electron chi connectivity index (χ2n) is 4.12. The minimum Gasteiger partial charge on any atom is -0.370 e. The smallest absolute Gasteiger partial charge is 0.274 e. The Morgan fingerprint density at radius 3 is 2.84 bits per heavy atom. The van der Waals surface area contributed by atoms with E-state index in [0.29, 0.717) is 24.5 Å². The third-order valence-corrected chi connectivity index (χ3v) is 2.69. The SMILES string of the molecule is CCNc1cc([N+](=O)[O-])cc(Cc2nccn2C)n1. The molecule has 0 unspecified atom stereocenters. The number of aromatic nitrogens is 3. The predicted octanol–water partition coefficient (Wildman–Crippen LogP) is 1.75. The van der Waals surface area contributed by atoms with Gasteiger partial charge in [-0.15, -0.1) is 0 Å². The second kappa shape index (κ2) is 5.47. The van der Waals surface area contributed by atoms with Crippen LogP contribution in [0.4, 0.5) is 11.5 Å². The molecule has 2 aromatic heterocycles.